The van der Waals surface area contributed by atoms with E-state index in [9.17, 15) is 4.39 Å². The van der Waals surface area contributed by atoms with E-state index in [1.165, 1.54) is 29.5 Å². The monoisotopic (exact) mass is 269 g/mol. The molecule has 0 aromatic heterocycles. The van der Waals surface area contributed by atoms with E-state index < -0.39 is 0 Å². The van der Waals surface area contributed by atoms with E-state index in [2.05, 4.69) is 29.6 Å². The first kappa shape index (κ1) is 13.3. The predicted molar refractivity (Wildman–Crippen MR) is 80.3 cm³/mol. The van der Waals surface area contributed by atoms with Crippen molar-refractivity contribution in [2.24, 2.45) is 0 Å². The molecule has 1 aliphatic rings. The molecule has 0 radical (unpaired) electrons. The van der Waals surface area contributed by atoms with Gasteiger partial charge in [-0.2, -0.15) is 0 Å². The molecule has 0 aliphatic heterocycles. The fourth-order valence-corrected chi connectivity index (χ4v) is 3.09. The van der Waals surface area contributed by atoms with Gasteiger partial charge in [0.05, 0.1) is 0 Å². The molecule has 0 fully saturated rings. The fourth-order valence-electron chi connectivity index (χ4n) is 3.09. The van der Waals surface area contributed by atoms with Crippen LogP contribution in [0.15, 0.2) is 42.5 Å². The predicted octanol–water partition coefficient (Wildman–Crippen LogP) is 3.95. The molecular weight excluding hydrogens is 249 g/mol. The lowest BCUT2D eigenvalue weighted by atomic mass is 10.0. The lowest BCUT2D eigenvalue weighted by molar-refractivity contribution is 0.533. The van der Waals surface area contributed by atoms with Gasteiger partial charge in [0, 0.05) is 6.04 Å². The zero-order chi connectivity index (χ0) is 13.9. The topological polar surface area (TPSA) is 12.0 Å². The number of benzene rings is 2. The number of nitrogens with one attached hydrogen (secondary N) is 1. The largest absolute Gasteiger partial charge is 0.310 e. The van der Waals surface area contributed by atoms with Crippen molar-refractivity contribution in [1.29, 1.82) is 0 Å². The second-order valence-electron chi connectivity index (χ2n) is 5.57. The highest BCUT2D eigenvalue weighted by molar-refractivity contribution is 5.34. The van der Waals surface area contributed by atoms with Gasteiger partial charge in [-0.1, -0.05) is 30.3 Å². The summed E-state index contributed by atoms with van der Waals surface area (Å²) in [6.07, 6.45) is 3.30. The summed E-state index contributed by atoms with van der Waals surface area (Å²) in [5.74, 6) is -0.149. The Labute approximate surface area is 119 Å². The first-order valence-electron chi connectivity index (χ1n) is 7.30. The molecule has 1 atom stereocenters. The summed E-state index contributed by atoms with van der Waals surface area (Å²) in [4.78, 5) is 0. The maximum Gasteiger partial charge on any atom is 0.123 e. The lowest BCUT2D eigenvalue weighted by Gasteiger charge is -2.14. The minimum absolute atomic E-state index is 0.149. The smallest absolute Gasteiger partial charge is 0.123 e. The summed E-state index contributed by atoms with van der Waals surface area (Å²) in [5.41, 5.74) is 5.19. The van der Waals surface area contributed by atoms with Gasteiger partial charge in [-0.25, -0.2) is 4.39 Å². The van der Waals surface area contributed by atoms with Crippen LogP contribution in [-0.4, -0.2) is 6.54 Å². The van der Waals surface area contributed by atoms with Gasteiger partial charge in [0.25, 0.3) is 0 Å². The minimum Gasteiger partial charge on any atom is -0.310 e. The molecule has 1 unspecified atom stereocenters. The Hall–Kier alpha value is -1.67. The number of aryl methyl sites for hydroxylation is 2. The number of hydrogen-bond donors (Lipinski definition) is 1. The highest BCUT2D eigenvalue weighted by Crippen LogP contribution is 2.30. The van der Waals surface area contributed by atoms with Crippen LogP contribution >= 0.6 is 0 Å². The van der Waals surface area contributed by atoms with Crippen LogP contribution in [0.1, 0.15) is 34.7 Å². The molecule has 20 heavy (non-hydrogen) atoms. The van der Waals surface area contributed by atoms with Crippen molar-refractivity contribution in [3.05, 3.63) is 70.5 Å². The molecule has 0 heterocycles. The molecule has 3 rings (SSSR count). The molecule has 1 nitrogen and oxygen atoms in total. The molecule has 0 saturated carbocycles. The minimum atomic E-state index is -0.149. The Morgan fingerprint density at radius 1 is 1.20 bits per heavy atom. The van der Waals surface area contributed by atoms with Crippen LogP contribution in [0.25, 0.3) is 0 Å². The van der Waals surface area contributed by atoms with Gasteiger partial charge in [-0.05, 0) is 67.1 Å². The van der Waals surface area contributed by atoms with Gasteiger partial charge in [0.2, 0.25) is 0 Å². The third kappa shape index (κ3) is 2.75. The highest BCUT2D eigenvalue weighted by Gasteiger charge is 2.20. The summed E-state index contributed by atoms with van der Waals surface area (Å²) in [6, 6.07) is 14.2. The molecule has 2 aromatic rings. The molecule has 2 aromatic carbocycles. The summed E-state index contributed by atoms with van der Waals surface area (Å²) in [6.45, 7) is 2.91. The van der Waals surface area contributed by atoms with Crippen molar-refractivity contribution in [3.8, 4) is 0 Å². The maximum atomic E-state index is 13.1. The van der Waals surface area contributed by atoms with Crippen molar-refractivity contribution >= 4 is 0 Å². The van der Waals surface area contributed by atoms with Gasteiger partial charge < -0.3 is 5.32 Å². The lowest BCUT2D eigenvalue weighted by Crippen LogP contribution is -2.22. The zero-order valence-corrected chi connectivity index (χ0v) is 11.8. The zero-order valence-electron chi connectivity index (χ0n) is 11.8. The molecule has 0 bridgehead atoms. The Bertz CT molecular complexity index is 606. The normalized spacial score (nSPS) is 17.2. The first-order valence-corrected chi connectivity index (χ1v) is 7.30. The van der Waals surface area contributed by atoms with E-state index in [-0.39, 0.29) is 5.82 Å². The second kappa shape index (κ2) is 5.76. The van der Waals surface area contributed by atoms with E-state index in [0.717, 1.165) is 18.5 Å². The third-order valence-electron chi connectivity index (χ3n) is 4.22. The fraction of sp³-hybridized carbons (Fsp3) is 0.333. The van der Waals surface area contributed by atoms with Crippen molar-refractivity contribution < 1.29 is 4.39 Å². The standard InChI is InChI=1S/C18H20FN/c1-13-12-16(19)8-6-14(13)10-11-20-18-9-7-15-4-2-3-5-17(15)18/h2-6,8,12,18,20H,7,9-11H2,1H3. The van der Waals surface area contributed by atoms with E-state index >= 15 is 0 Å². The van der Waals surface area contributed by atoms with Gasteiger partial charge >= 0.3 is 0 Å². The average Bonchev–Trinajstić information content (AvgIpc) is 2.85. The summed E-state index contributed by atoms with van der Waals surface area (Å²) >= 11 is 0. The molecule has 0 amide bonds. The summed E-state index contributed by atoms with van der Waals surface area (Å²) < 4.78 is 13.1. The molecule has 104 valence electrons. The Kier molecular flexibility index (Phi) is 3.83. The SMILES string of the molecule is Cc1cc(F)ccc1CCNC1CCc2ccccc21. The van der Waals surface area contributed by atoms with Gasteiger partial charge in [0.1, 0.15) is 5.82 Å². The van der Waals surface area contributed by atoms with Crippen LogP contribution in [0.2, 0.25) is 0 Å². The molecule has 0 saturated heterocycles. The number of rotatable bonds is 4. The molecule has 2 heteroatoms. The van der Waals surface area contributed by atoms with E-state index in [1.807, 2.05) is 13.0 Å². The summed E-state index contributed by atoms with van der Waals surface area (Å²) in [5, 5.41) is 3.63. The maximum absolute atomic E-state index is 13.1. The van der Waals surface area contributed by atoms with Crippen LogP contribution in [-0.2, 0) is 12.8 Å². The molecule has 1 N–H and O–H groups in total. The quantitative estimate of drug-likeness (QED) is 0.886. The van der Waals surface area contributed by atoms with Crippen molar-refractivity contribution in [2.45, 2.75) is 32.2 Å². The van der Waals surface area contributed by atoms with Crippen molar-refractivity contribution in [1.82, 2.24) is 5.32 Å². The first-order chi connectivity index (χ1) is 9.74. The Balaban J connectivity index is 1.59. The molecular formula is C18H20FN. The van der Waals surface area contributed by atoms with Crippen LogP contribution < -0.4 is 5.32 Å². The third-order valence-corrected chi connectivity index (χ3v) is 4.22. The van der Waals surface area contributed by atoms with Gasteiger partial charge in [0.15, 0.2) is 0 Å². The number of fused-ring (bicyclic) bond motifs is 1. The number of hydrogen-bond acceptors (Lipinski definition) is 1. The highest BCUT2D eigenvalue weighted by atomic mass is 19.1. The van der Waals surface area contributed by atoms with Gasteiger partial charge in [-0.15, -0.1) is 0 Å². The van der Waals surface area contributed by atoms with Crippen LogP contribution in [0, 0.1) is 12.7 Å². The van der Waals surface area contributed by atoms with E-state index in [4.69, 9.17) is 0 Å². The number of halogens is 1. The van der Waals surface area contributed by atoms with Crippen molar-refractivity contribution in [3.63, 3.8) is 0 Å². The Morgan fingerprint density at radius 2 is 2.05 bits per heavy atom. The average molecular weight is 269 g/mol. The second-order valence-corrected chi connectivity index (χ2v) is 5.57. The molecule has 1 aliphatic carbocycles. The van der Waals surface area contributed by atoms with E-state index in [0.29, 0.717) is 6.04 Å². The van der Waals surface area contributed by atoms with E-state index in [1.54, 1.807) is 12.1 Å². The van der Waals surface area contributed by atoms with Crippen LogP contribution in [0.5, 0.6) is 0 Å². The van der Waals surface area contributed by atoms with Crippen molar-refractivity contribution in [2.75, 3.05) is 6.54 Å². The van der Waals surface area contributed by atoms with Gasteiger partial charge in [-0.3, -0.25) is 0 Å². The summed E-state index contributed by atoms with van der Waals surface area (Å²) in [7, 11) is 0. The molecule has 0 spiro atoms. The van der Waals surface area contributed by atoms with Crippen LogP contribution in [0.3, 0.4) is 0 Å². The van der Waals surface area contributed by atoms with Crippen LogP contribution in [0.4, 0.5) is 4.39 Å². The Morgan fingerprint density at radius 3 is 2.90 bits per heavy atom.